The van der Waals surface area contributed by atoms with Gasteiger partial charge in [-0.05, 0) is 81.8 Å². The van der Waals surface area contributed by atoms with E-state index in [9.17, 15) is 14.0 Å². The van der Waals surface area contributed by atoms with E-state index in [1.54, 1.807) is 51.3 Å². The molecule has 5 rings (SSSR count). The number of carbonyl (C=O) groups excluding carboxylic acids is 1. The SMILES string of the molecule is CCOC(=O)C1=C(C)N=c2s/c(=C\c3cc(C)n(-c4ccc(F)cc4)c3C)c(=O)n2[C@@H]1c1ccc(OC)cc1OC. The lowest BCUT2D eigenvalue weighted by Crippen LogP contribution is -2.40. The Labute approximate surface area is 240 Å². The minimum atomic E-state index is -0.819. The van der Waals surface area contributed by atoms with Crippen LogP contribution in [0.3, 0.4) is 0 Å². The molecule has 0 radical (unpaired) electrons. The van der Waals surface area contributed by atoms with Crippen LogP contribution in [0.25, 0.3) is 11.8 Å². The molecule has 0 unspecified atom stereocenters. The van der Waals surface area contributed by atoms with Gasteiger partial charge in [0, 0.05) is 28.7 Å². The number of methoxy groups -OCH3 is 2. The van der Waals surface area contributed by atoms with Gasteiger partial charge in [0.15, 0.2) is 4.80 Å². The van der Waals surface area contributed by atoms with E-state index >= 15 is 0 Å². The molecule has 4 aromatic rings. The number of fused-ring (bicyclic) bond motifs is 1. The number of ether oxygens (including phenoxy) is 3. The van der Waals surface area contributed by atoms with Gasteiger partial charge in [0.05, 0.1) is 36.6 Å². The molecule has 1 aliphatic heterocycles. The molecule has 0 saturated heterocycles. The van der Waals surface area contributed by atoms with Crippen LogP contribution in [0.5, 0.6) is 11.5 Å². The predicted octanol–water partition coefficient (Wildman–Crippen LogP) is 4.36. The summed E-state index contributed by atoms with van der Waals surface area (Å²) in [4.78, 5) is 32.4. The van der Waals surface area contributed by atoms with Crippen molar-refractivity contribution >= 4 is 23.4 Å². The van der Waals surface area contributed by atoms with Crippen molar-refractivity contribution in [2.75, 3.05) is 20.8 Å². The van der Waals surface area contributed by atoms with Crippen LogP contribution in [0, 0.1) is 19.7 Å². The molecule has 0 amide bonds. The normalized spacial score (nSPS) is 15.0. The molecule has 2 aromatic carbocycles. The monoisotopic (exact) mass is 575 g/mol. The molecule has 0 saturated carbocycles. The summed E-state index contributed by atoms with van der Waals surface area (Å²) >= 11 is 1.25. The van der Waals surface area contributed by atoms with Gasteiger partial charge < -0.3 is 18.8 Å². The van der Waals surface area contributed by atoms with E-state index in [1.807, 2.05) is 30.6 Å². The van der Waals surface area contributed by atoms with Crippen LogP contribution in [-0.2, 0) is 9.53 Å². The van der Waals surface area contributed by atoms with Crippen LogP contribution < -0.4 is 24.4 Å². The summed E-state index contributed by atoms with van der Waals surface area (Å²) in [7, 11) is 3.08. The number of allylic oxidation sites excluding steroid dienone is 1. The molecule has 41 heavy (non-hydrogen) atoms. The van der Waals surface area contributed by atoms with Crippen molar-refractivity contribution in [1.82, 2.24) is 9.13 Å². The van der Waals surface area contributed by atoms with Gasteiger partial charge in [-0.25, -0.2) is 14.2 Å². The Hall–Kier alpha value is -4.44. The van der Waals surface area contributed by atoms with Crippen LogP contribution in [0.1, 0.15) is 42.4 Å². The first kappa shape index (κ1) is 28.1. The van der Waals surface area contributed by atoms with Crippen LogP contribution in [0.2, 0.25) is 0 Å². The van der Waals surface area contributed by atoms with Gasteiger partial charge in [-0.2, -0.15) is 0 Å². The Bertz CT molecular complexity index is 1860. The van der Waals surface area contributed by atoms with Crippen LogP contribution in [-0.4, -0.2) is 35.9 Å². The van der Waals surface area contributed by atoms with E-state index in [0.717, 1.165) is 22.6 Å². The van der Waals surface area contributed by atoms with Gasteiger partial charge >= 0.3 is 5.97 Å². The minimum Gasteiger partial charge on any atom is -0.497 e. The molecule has 0 spiro atoms. The Balaban J connectivity index is 1.72. The fourth-order valence-corrected chi connectivity index (χ4v) is 6.23. The topological polar surface area (TPSA) is 84.1 Å². The minimum absolute atomic E-state index is 0.177. The first-order valence-corrected chi connectivity index (χ1v) is 13.9. The Morgan fingerprint density at radius 1 is 1.07 bits per heavy atom. The van der Waals surface area contributed by atoms with Gasteiger partial charge in [-0.1, -0.05) is 11.3 Å². The third kappa shape index (κ3) is 4.99. The Morgan fingerprint density at radius 2 is 1.80 bits per heavy atom. The lowest BCUT2D eigenvalue weighted by atomic mass is 9.95. The molecule has 3 heterocycles. The number of halogens is 1. The molecule has 212 valence electrons. The molecule has 0 aliphatic carbocycles. The molecule has 1 aliphatic rings. The summed E-state index contributed by atoms with van der Waals surface area (Å²) in [6.07, 6.45) is 1.83. The second-order valence-corrected chi connectivity index (χ2v) is 10.6. The maximum absolute atomic E-state index is 14.1. The number of rotatable bonds is 7. The average Bonchev–Trinajstić information content (AvgIpc) is 3.41. The van der Waals surface area contributed by atoms with E-state index in [0.29, 0.717) is 32.1 Å². The average molecular weight is 576 g/mol. The van der Waals surface area contributed by atoms with Gasteiger partial charge in [0.1, 0.15) is 23.4 Å². The second-order valence-electron chi connectivity index (χ2n) is 9.55. The van der Waals surface area contributed by atoms with Crippen molar-refractivity contribution in [1.29, 1.82) is 0 Å². The molecule has 1 atom stereocenters. The van der Waals surface area contributed by atoms with Gasteiger partial charge in [0.2, 0.25) is 0 Å². The largest absolute Gasteiger partial charge is 0.497 e. The van der Waals surface area contributed by atoms with E-state index in [1.165, 1.54) is 35.1 Å². The first-order valence-electron chi connectivity index (χ1n) is 13.0. The zero-order chi connectivity index (χ0) is 29.4. The Morgan fingerprint density at radius 3 is 2.46 bits per heavy atom. The van der Waals surface area contributed by atoms with Crippen LogP contribution in [0.4, 0.5) is 4.39 Å². The highest BCUT2D eigenvalue weighted by atomic mass is 32.1. The fourth-order valence-electron chi connectivity index (χ4n) is 5.19. The number of hydrogen-bond acceptors (Lipinski definition) is 7. The molecule has 0 bridgehead atoms. The van der Waals surface area contributed by atoms with Crippen LogP contribution in [0.15, 0.2) is 69.6 Å². The highest BCUT2D eigenvalue weighted by Crippen LogP contribution is 2.37. The highest BCUT2D eigenvalue weighted by Gasteiger charge is 2.35. The zero-order valence-corrected chi connectivity index (χ0v) is 24.5. The van der Waals surface area contributed by atoms with E-state index in [2.05, 4.69) is 4.99 Å². The molecule has 2 aromatic heterocycles. The summed E-state index contributed by atoms with van der Waals surface area (Å²) < 4.78 is 34.0. The van der Waals surface area contributed by atoms with Crippen LogP contribution >= 0.6 is 11.3 Å². The standard InChI is InChI=1S/C31H30FN3O5S/c1-7-40-30(37)27-18(3)33-31-35(28(27)24-13-12-23(38-5)16-25(24)39-6)29(36)26(41-31)15-20-14-17(2)34(19(20)4)22-10-8-21(32)9-11-22/h8-16,28H,7H2,1-6H3/b26-15-/t28-/m1/s1. The number of carbonyl (C=O) groups is 1. The third-order valence-corrected chi connectivity index (χ3v) is 8.08. The summed E-state index contributed by atoms with van der Waals surface area (Å²) in [5.41, 5.74) is 4.55. The number of aromatic nitrogens is 2. The molecule has 0 fully saturated rings. The smallest absolute Gasteiger partial charge is 0.338 e. The Kier molecular flexibility index (Phi) is 7.68. The van der Waals surface area contributed by atoms with Crippen molar-refractivity contribution in [3.8, 4) is 17.2 Å². The molecular formula is C31H30FN3O5S. The maximum Gasteiger partial charge on any atom is 0.338 e. The summed E-state index contributed by atoms with van der Waals surface area (Å²) in [5, 5.41) is 0. The van der Waals surface area contributed by atoms with Gasteiger partial charge in [0.25, 0.3) is 5.56 Å². The fraction of sp³-hybridized carbons (Fsp3) is 0.258. The molecule has 0 N–H and O–H groups in total. The van der Waals surface area contributed by atoms with E-state index in [-0.39, 0.29) is 23.6 Å². The lowest BCUT2D eigenvalue weighted by Gasteiger charge is -2.26. The van der Waals surface area contributed by atoms with E-state index < -0.39 is 12.0 Å². The van der Waals surface area contributed by atoms with Crippen molar-refractivity contribution in [2.24, 2.45) is 4.99 Å². The maximum atomic E-state index is 14.1. The van der Waals surface area contributed by atoms with E-state index in [4.69, 9.17) is 14.2 Å². The number of nitrogens with zero attached hydrogens (tertiary/aromatic N) is 3. The number of hydrogen-bond donors (Lipinski definition) is 0. The van der Waals surface area contributed by atoms with Crippen molar-refractivity contribution in [2.45, 2.75) is 33.7 Å². The summed E-state index contributed by atoms with van der Waals surface area (Å²) in [6.45, 7) is 7.56. The first-order chi connectivity index (χ1) is 19.7. The third-order valence-electron chi connectivity index (χ3n) is 7.09. The number of esters is 1. The predicted molar refractivity (Wildman–Crippen MR) is 155 cm³/mol. The zero-order valence-electron chi connectivity index (χ0n) is 23.6. The lowest BCUT2D eigenvalue weighted by molar-refractivity contribution is -0.139. The summed E-state index contributed by atoms with van der Waals surface area (Å²) in [5.74, 6) is 0.183. The molecule has 10 heteroatoms. The van der Waals surface area contributed by atoms with Crippen molar-refractivity contribution in [3.05, 3.63) is 108 Å². The second kappa shape index (κ2) is 11.2. The number of thiazole rings is 1. The summed E-state index contributed by atoms with van der Waals surface area (Å²) in [6, 6.07) is 12.7. The molecule has 8 nitrogen and oxygen atoms in total. The quantitative estimate of drug-likeness (QED) is 0.306. The highest BCUT2D eigenvalue weighted by molar-refractivity contribution is 7.07. The van der Waals surface area contributed by atoms with Gasteiger partial charge in [-0.3, -0.25) is 9.36 Å². The number of benzene rings is 2. The van der Waals surface area contributed by atoms with Crippen molar-refractivity contribution < 1.29 is 23.4 Å². The number of aryl methyl sites for hydroxylation is 1. The van der Waals surface area contributed by atoms with Gasteiger partial charge in [-0.15, -0.1) is 0 Å². The molecular weight excluding hydrogens is 545 g/mol. The van der Waals surface area contributed by atoms with Crippen molar-refractivity contribution in [3.63, 3.8) is 0 Å².